The Bertz CT molecular complexity index is 879. The maximum Gasteiger partial charge on any atom is 0.259 e. The van der Waals surface area contributed by atoms with Crippen molar-refractivity contribution < 1.29 is 4.74 Å². The Labute approximate surface area is 134 Å². The first-order valence-electron chi connectivity index (χ1n) is 7.86. The number of hydrogen-bond donors (Lipinski definition) is 1. The van der Waals surface area contributed by atoms with Gasteiger partial charge in [0.15, 0.2) is 0 Å². The summed E-state index contributed by atoms with van der Waals surface area (Å²) in [6.45, 7) is 7.31. The minimum atomic E-state index is -0.122. The molecule has 1 N–H and O–H groups in total. The van der Waals surface area contributed by atoms with Gasteiger partial charge in [0.2, 0.25) is 0 Å². The van der Waals surface area contributed by atoms with Gasteiger partial charge in [0.25, 0.3) is 5.56 Å². The molecule has 23 heavy (non-hydrogen) atoms. The molecule has 1 atom stereocenters. The molecule has 5 heteroatoms. The van der Waals surface area contributed by atoms with Crippen LogP contribution in [-0.2, 0) is 11.3 Å². The van der Waals surface area contributed by atoms with E-state index in [2.05, 4.69) is 9.97 Å². The quantitative estimate of drug-likeness (QED) is 0.787. The zero-order valence-electron chi connectivity index (χ0n) is 13.7. The van der Waals surface area contributed by atoms with E-state index in [0.717, 1.165) is 16.5 Å². The van der Waals surface area contributed by atoms with Crippen LogP contribution in [-0.4, -0.2) is 27.2 Å². The number of aromatic nitrogens is 3. The van der Waals surface area contributed by atoms with E-state index in [1.807, 2.05) is 55.8 Å². The van der Waals surface area contributed by atoms with Crippen molar-refractivity contribution in [1.82, 2.24) is 14.5 Å². The normalized spacial score (nSPS) is 12.7. The molecule has 2 aromatic heterocycles. The van der Waals surface area contributed by atoms with Gasteiger partial charge < -0.3 is 14.3 Å². The van der Waals surface area contributed by atoms with E-state index < -0.39 is 0 Å². The van der Waals surface area contributed by atoms with Crippen molar-refractivity contribution in [2.45, 2.75) is 33.4 Å². The van der Waals surface area contributed by atoms with Crippen molar-refractivity contribution in [2.24, 2.45) is 0 Å². The number of H-pyrrole nitrogens is 1. The van der Waals surface area contributed by atoms with Gasteiger partial charge in [0.05, 0.1) is 23.7 Å². The molecule has 0 radical (unpaired) electrons. The molecule has 0 fully saturated rings. The van der Waals surface area contributed by atoms with Gasteiger partial charge in [-0.2, -0.15) is 0 Å². The summed E-state index contributed by atoms with van der Waals surface area (Å²) >= 11 is 0. The molecule has 0 bridgehead atoms. The van der Waals surface area contributed by atoms with Gasteiger partial charge in [-0.05, 0) is 37.8 Å². The highest BCUT2D eigenvalue weighted by atomic mass is 16.5. The van der Waals surface area contributed by atoms with Crippen molar-refractivity contribution in [3.8, 4) is 11.4 Å². The minimum Gasteiger partial charge on any atom is -0.377 e. The summed E-state index contributed by atoms with van der Waals surface area (Å²) in [6, 6.07) is 7.88. The molecule has 1 unspecified atom stereocenters. The summed E-state index contributed by atoms with van der Waals surface area (Å²) in [7, 11) is 0. The molecule has 120 valence electrons. The summed E-state index contributed by atoms with van der Waals surface area (Å²) < 4.78 is 7.55. The molecular formula is C18H21N3O2. The number of aryl methyl sites for hydroxylation is 1. The van der Waals surface area contributed by atoms with Crippen LogP contribution in [0.3, 0.4) is 0 Å². The lowest BCUT2D eigenvalue weighted by Gasteiger charge is -2.14. The van der Waals surface area contributed by atoms with Gasteiger partial charge in [0.1, 0.15) is 5.82 Å². The second-order valence-corrected chi connectivity index (χ2v) is 5.72. The van der Waals surface area contributed by atoms with Crippen molar-refractivity contribution >= 4 is 10.9 Å². The van der Waals surface area contributed by atoms with E-state index in [0.29, 0.717) is 24.5 Å². The number of para-hydroxylation sites is 1. The molecule has 3 aromatic rings. The van der Waals surface area contributed by atoms with Crippen LogP contribution < -0.4 is 5.56 Å². The first kappa shape index (κ1) is 15.5. The number of fused-ring (bicyclic) bond motifs is 1. The molecule has 0 aliphatic carbocycles. The predicted molar refractivity (Wildman–Crippen MR) is 91.6 cm³/mol. The number of ether oxygens (including phenoxy) is 1. The average Bonchev–Trinajstić information content (AvgIpc) is 2.96. The zero-order chi connectivity index (χ0) is 16.4. The Morgan fingerprint density at radius 1 is 1.39 bits per heavy atom. The fraction of sp³-hybridized carbons (Fsp3) is 0.333. The smallest absolute Gasteiger partial charge is 0.259 e. The van der Waals surface area contributed by atoms with Crippen LogP contribution in [0.4, 0.5) is 0 Å². The number of nitrogens with zero attached hydrogens (tertiary/aromatic N) is 2. The minimum absolute atomic E-state index is 0.0646. The molecule has 0 saturated heterocycles. The number of imidazole rings is 1. The Kier molecular flexibility index (Phi) is 4.30. The molecule has 1 aromatic carbocycles. The van der Waals surface area contributed by atoms with Crippen molar-refractivity contribution in [1.29, 1.82) is 0 Å². The lowest BCUT2D eigenvalue weighted by atomic mass is 10.1. The van der Waals surface area contributed by atoms with Crippen LogP contribution in [0.5, 0.6) is 0 Å². The maximum atomic E-state index is 12.5. The second kappa shape index (κ2) is 6.38. The Morgan fingerprint density at radius 2 is 2.22 bits per heavy atom. The topological polar surface area (TPSA) is 59.9 Å². The fourth-order valence-electron chi connectivity index (χ4n) is 2.86. The Hall–Kier alpha value is -2.40. The summed E-state index contributed by atoms with van der Waals surface area (Å²) in [4.78, 5) is 19.9. The van der Waals surface area contributed by atoms with E-state index in [-0.39, 0.29) is 11.7 Å². The van der Waals surface area contributed by atoms with Gasteiger partial charge in [-0.15, -0.1) is 0 Å². The number of nitrogens with one attached hydrogen (secondary N) is 1. The van der Waals surface area contributed by atoms with Crippen molar-refractivity contribution in [3.63, 3.8) is 0 Å². The van der Waals surface area contributed by atoms with E-state index in [1.54, 1.807) is 6.20 Å². The average molecular weight is 311 g/mol. The highest BCUT2D eigenvalue weighted by Crippen LogP contribution is 2.20. The lowest BCUT2D eigenvalue weighted by molar-refractivity contribution is 0.0643. The third-order valence-corrected chi connectivity index (χ3v) is 3.95. The number of aromatic amines is 1. The summed E-state index contributed by atoms with van der Waals surface area (Å²) in [5.74, 6) is 0.668. The molecular weight excluding hydrogens is 290 g/mol. The highest BCUT2D eigenvalue weighted by molar-refractivity contribution is 5.84. The van der Waals surface area contributed by atoms with Crippen LogP contribution in [0.1, 0.15) is 19.4 Å². The predicted octanol–water partition coefficient (Wildman–Crippen LogP) is 3.13. The lowest BCUT2D eigenvalue weighted by Crippen LogP contribution is -2.18. The van der Waals surface area contributed by atoms with Gasteiger partial charge in [-0.3, -0.25) is 4.79 Å². The highest BCUT2D eigenvalue weighted by Gasteiger charge is 2.14. The van der Waals surface area contributed by atoms with E-state index >= 15 is 0 Å². The van der Waals surface area contributed by atoms with E-state index in [9.17, 15) is 4.79 Å². The van der Waals surface area contributed by atoms with Gasteiger partial charge in [-0.25, -0.2) is 4.98 Å². The van der Waals surface area contributed by atoms with Crippen molar-refractivity contribution in [2.75, 3.05) is 6.61 Å². The maximum absolute atomic E-state index is 12.5. The van der Waals surface area contributed by atoms with Crippen LogP contribution in [0, 0.1) is 6.92 Å². The Balaban J connectivity index is 2.06. The molecule has 0 aliphatic heterocycles. The number of benzene rings is 1. The third-order valence-electron chi connectivity index (χ3n) is 3.95. The molecule has 2 heterocycles. The van der Waals surface area contributed by atoms with Crippen LogP contribution in [0.15, 0.2) is 41.5 Å². The van der Waals surface area contributed by atoms with Crippen molar-refractivity contribution in [3.05, 3.63) is 52.6 Å². The molecule has 0 aliphatic rings. The Morgan fingerprint density at radius 3 is 3.00 bits per heavy atom. The van der Waals surface area contributed by atoms with Gasteiger partial charge >= 0.3 is 0 Å². The fourth-order valence-corrected chi connectivity index (χ4v) is 2.86. The van der Waals surface area contributed by atoms with E-state index in [1.165, 1.54) is 0 Å². The second-order valence-electron chi connectivity index (χ2n) is 5.72. The molecule has 0 spiro atoms. The standard InChI is InChI=1S/C18H21N3O2/c1-4-23-13(3)11-21-9-8-19-17(21)15-10-14-7-5-6-12(2)16(14)20-18(15)22/h5-10,13H,4,11H2,1-3H3,(H,20,22). The largest absolute Gasteiger partial charge is 0.377 e. The molecule has 3 rings (SSSR count). The summed E-state index contributed by atoms with van der Waals surface area (Å²) in [5.41, 5.74) is 2.39. The van der Waals surface area contributed by atoms with Gasteiger partial charge in [0, 0.05) is 19.0 Å². The van der Waals surface area contributed by atoms with Crippen LogP contribution in [0.25, 0.3) is 22.3 Å². The SMILES string of the molecule is CCOC(C)Cn1ccnc1-c1cc2cccc(C)c2[nH]c1=O. The monoisotopic (exact) mass is 311 g/mol. The number of hydrogen-bond acceptors (Lipinski definition) is 3. The summed E-state index contributed by atoms with van der Waals surface area (Å²) in [5, 5.41) is 1.01. The molecule has 0 saturated carbocycles. The third kappa shape index (κ3) is 3.05. The number of pyridine rings is 1. The molecule has 0 amide bonds. The van der Waals surface area contributed by atoms with Crippen LogP contribution >= 0.6 is 0 Å². The summed E-state index contributed by atoms with van der Waals surface area (Å²) in [6.07, 6.45) is 3.66. The van der Waals surface area contributed by atoms with Gasteiger partial charge in [-0.1, -0.05) is 18.2 Å². The van der Waals surface area contributed by atoms with E-state index in [4.69, 9.17) is 4.74 Å². The number of rotatable bonds is 5. The first-order valence-corrected chi connectivity index (χ1v) is 7.86. The molecule has 5 nitrogen and oxygen atoms in total. The zero-order valence-corrected chi connectivity index (χ0v) is 13.7. The van der Waals surface area contributed by atoms with Crippen LogP contribution in [0.2, 0.25) is 0 Å². The first-order chi connectivity index (χ1) is 11.1.